The fourth-order valence-electron chi connectivity index (χ4n) is 4.64. The number of carbonyl (C=O) groups excluding carboxylic acids is 3. The highest BCUT2D eigenvalue weighted by atomic mass is 16.2. The van der Waals surface area contributed by atoms with Crippen LogP contribution in [-0.2, 0) is 20.8 Å². The molecule has 1 saturated heterocycles. The van der Waals surface area contributed by atoms with E-state index in [2.05, 4.69) is 10.6 Å². The zero-order valence-electron chi connectivity index (χ0n) is 18.9. The van der Waals surface area contributed by atoms with Crippen LogP contribution in [0, 0.1) is 11.8 Å². The molecular formula is C25H37N3O3. The highest BCUT2D eigenvalue weighted by Gasteiger charge is 2.32. The number of nitrogens with zero attached hydrogens (tertiary/aromatic N) is 1. The van der Waals surface area contributed by atoms with E-state index < -0.39 is 6.04 Å². The van der Waals surface area contributed by atoms with Gasteiger partial charge >= 0.3 is 0 Å². The fourth-order valence-corrected chi connectivity index (χ4v) is 4.64. The van der Waals surface area contributed by atoms with Gasteiger partial charge in [-0.3, -0.25) is 14.4 Å². The summed E-state index contributed by atoms with van der Waals surface area (Å²) < 4.78 is 0. The zero-order chi connectivity index (χ0) is 22.2. The molecule has 0 spiro atoms. The molecule has 2 aliphatic rings. The largest absolute Gasteiger partial charge is 0.353 e. The molecule has 0 bridgehead atoms. The Morgan fingerprint density at radius 3 is 2.23 bits per heavy atom. The predicted molar refractivity (Wildman–Crippen MR) is 121 cm³/mol. The number of benzene rings is 1. The number of hydrogen-bond acceptors (Lipinski definition) is 3. The number of hydrogen-bond donors (Lipinski definition) is 2. The summed E-state index contributed by atoms with van der Waals surface area (Å²) in [7, 11) is 0. The average Bonchev–Trinajstić information content (AvgIpc) is 2.78. The number of amides is 3. The SMILES string of the molecule is CC(C)C(NC(=O)Cc1ccccc1)C(=O)N1CCC(NC(=O)C2CCCCC2)CC1. The second-order valence-corrected chi connectivity index (χ2v) is 9.39. The molecule has 2 N–H and O–H groups in total. The maximum atomic E-state index is 13.1. The molecule has 0 radical (unpaired) electrons. The molecule has 0 aromatic heterocycles. The van der Waals surface area contributed by atoms with Crippen LogP contribution in [0.1, 0.15) is 64.4 Å². The smallest absolute Gasteiger partial charge is 0.245 e. The Kier molecular flexibility index (Phi) is 8.50. The summed E-state index contributed by atoms with van der Waals surface area (Å²) in [6, 6.07) is 9.18. The van der Waals surface area contributed by atoms with Crippen molar-refractivity contribution < 1.29 is 14.4 Å². The second-order valence-electron chi connectivity index (χ2n) is 9.39. The van der Waals surface area contributed by atoms with E-state index in [1.807, 2.05) is 49.1 Å². The Balaban J connectivity index is 1.47. The van der Waals surface area contributed by atoms with Gasteiger partial charge in [0.25, 0.3) is 0 Å². The quantitative estimate of drug-likeness (QED) is 0.702. The van der Waals surface area contributed by atoms with Gasteiger partial charge in [0.2, 0.25) is 17.7 Å². The number of rotatable bonds is 7. The summed E-state index contributed by atoms with van der Waals surface area (Å²) in [5.74, 6) is 0.216. The minimum Gasteiger partial charge on any atom is -0.353 e. The van der Waals surface area contributed by atoms with Gasteiger partial charge in [-0.05, 0) is 37.2 Å². The Hall–Kier alpha value is -2.37. The van der Waals surface area contributed by atoms with E-state index in [4.69, 9.17) is 0 Å². The molecule has 1 unspecified atom stereocenters. The lowest BCUT2D eigenvalue weighted by Crippen LogP contribution is -2.55. The molecule has 1 heterocycles. The lowest BCUT2D eigenvalue weighted by molar-refractivity contribution is -0.138. The molecule has 1 aromatic rings. The topological polar surface area (TPSA) is 78.5 Å². The number of likely N-dealkylation sites (tertiary alicyclic amines) is 1. The van der Waals surface area contributed by atoms with Crippen LogP contribution in [-0.4, -0.2) is 47.8 Å². The minimum absolute atomic E-state index is 0.0101. The van der Waals surface area contributed by atoms with Crippen molar-refractivity contribution in [3.05, 3.63) is 35.9 Å². The summed E-state index contributed by atoms with van der Waals surface area (Å²) in [5, 5.41) is 6.16. The van der Waals surface area contributed by atoms with E-state index in [1.165, 1.54) is 6.42 Å². The predicted octanol–water partition coefficient (Wildman–Crippen LogP) is 3.06. The fraction of sp³-hybridized carbons (Fsp3) is 0.640. The van der Waals surface area contributed by atoms with Crippen LogP contribution in [0.3, 0.4) is 0 Å². The molecular weight excluding hydrogens is 390 g/mol. The van der Waals surface area contributed by atoms with Crippen LogP contribution < -0.4 is 10.6 Å². The molecule has 1 aromatic carbocycles. The highest BCUT2D eigenvalue weighted by Crippen LogP contribution is 2.24. The zero-order valence-corrected chi connectivity index (χ0v) is 18.9. The van der Waals surface area contributed by atoms with Crippen molar-refractivity contribution in [3.63, 3.8) is 0 Å². The van der Waals surface area contributed by atoms with E-state index in [0.717, 1.165) is 44.1 Å². The molecule has 1 aliphatic heterocycles. The van der Waals surface area contributed by atoms with Gasteiger partial charge in [-0.15, -0.1) is 0 Å². The monoisotopic (exact) mass is 427 g/mol. The van der Waals surface area contributed by atoms with Crippen molar-refractivity contribution in [2.45, 2.75) is 77.3 Å². The summed E-state index contributed by atoms with van der Waals surface area (Å²) in [4.78, 5) is 40.0. The Morgan fingerprint density at radius 2 is 1.61 bits per heavy atom. The van der Waals surface area contributed by atoms with E-state index in [9.17, 15) is 14.4 Å². The third-order valence-corrected chi connectivity index (χ3v) is 6.59. The molecule has 1 saturated carbocycles. The number of carbonyl (C=O) groups is 3. The Bertz CT molecular complexity index is 736. The van der Waals surface area contributed by atoms with Crippen LogP contribution in [0.15, 0.2) is 30.3 Å². The van der Waals surface area contributed by atoms with Crippen LogP contribution in [0.4, 0.5) is 0 Å². The molecule has 1 atom stereocenters. The van der Waals surface area contributed by atoms with Gasteiger partial charge in [-0.2, -0.15) is 0 Å². The van der Waals surface area contributed by atoms with Crippen LogP contribution in [0.5, 0.6) is 0 Å². The molecule has 3 amide bonds. The van der Waals surface area contributed by atoms with Crippen LogP contribution >= 0.6 is 0 Å². The van der Waals surface area contributed by atoms with E-state index in [-0.39, 0.29) is 42.0 Å². The third kappa shape index (κ3) is 6.81. The maximum Gasteiger partial charge on any atom is 0.245 e. The van der Waals surface area contributed by atoms with E-state index in [1.54, 1.807) is 0 Å². The first-order valence-electron chi connectivity index (χ1n) is 11.9. The van der Waals surface area contributed by atoms with Crippen LogP contribution in [0.25, 0.3) is 0 Å². The third-order valence-electron chi connectivity index (χ3n) is 6.59. The average molecular weight is 428 g/mol. The Labute approximate surface area is 186 Å². The summed E-state index contributed by atoms with van der Waals surface area (Å²) in [5.41, 5.74) is 0.935. The first-order chi connectivity index (χ1) is 14.9. The lowest BCUT2D eigenvalue weighted by atomic mass is 9.88. The van der Waals surface area contributed by atoms with Gasteiger partial charge in [-0.25, -0.2) is 0 Å². The second kappa shape index (κ2) is 11.3. The van der Waals surface area contributed by atoms with E-state index in [0.29, 0.717) is 13.1 Å². The summed E-state index contributed by atoms with van der Waals surface area (Å²) >= 11 is 0. The lowest BCUT2D eigenvalue weighted by Gasteiger charge is -2.36. The molecule has 2 fully saturated rings. The van der Waals surface area contributed by atoms with Crippen molar-refractivity contribution in [2.75, 3.05) is 13.1 Å². The van der Waals surface area contributed by atoms with Gasteiger partial charge in [0.1, 0.15) is 6.04 Å². The first kappa shape index (κ1) is 23.3. The number of nitrogens with one attached hydrogen (secondary N) is 2. The Morgan fingerprint density at radius 1 is 0.968 bits per heavy atom. The van der Waals surface area contributed by atoms with Crippen molar-refractivity contribution >= 4 is 17.7 Å². The van der Waals surface area contributed by atoms with Crippen molar-refractivity contribution in [1.82, 2.24) is 15.5 Å². The summed E-state index contributed by atoms with van der Waals surface area (Å²) in [6.45, 7) is 5.16. The van der Waals surface area contributed by atoms with Crippen molar-refractivity contribution in [3.8, 4) is 0 Å². The van der Waals surface area contributed by atoms with E-state index >= 15 is 0 Å². The highest BCUT2D eigenvalue weighted by molar-refractivity contribution is 5.88. The van der Waals surface area contributed by atoms with Crippen molar-refractivity contribution in [1.29, 1.82) is 0 Å². The van der Waals surface area contributed by atoms with Crippen LogP contribution in [0.2, 0.25) is 0 Å². The molecule has 3 rings (SSSR count). The first-order valence-corrected chi connectivity index (χ1v) is 11.9. The van der Waals surface area contributed by atoms with Gasteiger partial charge in [0.05, 0.1) is 6.42 Å². The normalized spacial score (nSPS) is 19.1. The molecule has 170 valence electrons. The minimum atomic E-state index is -0.524. The molecule has 6 nitrogen and oxygen atoms in total. The van der Waals surface area contributed by atoms with Gasteiger partial charge in [0, 0.05) is 25.0 Å². The molecule has 31 heavy (non-hydrogen) atoms. The number of piperidine rings is 1. The molecule has 6 heteroatoms. The summed E-state index contributed by atoms with van der Waals surface area (Å²) in [6.07, 6.45) is 7.36. The van der Waals surface area contributed by atoms with Gasteiger partial charge < -0.3 is 15.5 Å². The maximum absolute atomic E-state index is 13.1. The molecule has 1 aliphatic carbocycles. The van der Waals surface area contributed by atoms with Crippen molar-refractivity contribution in [2.24, 2.45) is 11.8 Å². The standard InChI is InChI=1S/C25H37N3O3/c1-18(2)23(27-22(29)17-19-9-5-3-6-10-19)25(31)28-15-13-21(14-16-28)26-24(30)20-11-7-4-8-12-20/h3,5-6,9-10,18,20-21,23H,4,7-8,11-17H2,1-2H3,(H,26,30)(H,27,29). The van der Waals surface area contributed by atoms with Gasteiger partial charge in [-0.1, -0.05) is 63.4 Å². The van der Waals surface area contributed by atoms with Gasteiger partial charge in [0.15, 0.2) is 0 Å².